The van der Waals surface area contributed by atoms with Gasteiger partial charge in [-0.2, -0.15) is 0 Å². The van der Waals surface area contributed by atoms with Crippen LogP contribution in [-0.4, -0.2) is 63.9 Å². The fraction of sp³-hybridized carbons (Fsp3) is 0.240. The second kappa shape index (κ2) is 8.43. The van der Waals surface area contributed by atoms with E-state index in [2.05, 4.69) is 27.2 Å². The molecule has 0 bridgehead atoms. The Morgan fingerprint density at radius 1 is 1.06 bits per heavy atom. The first-order chi connectivity index (χ1) is 15.6. The summed E-state index contributed by atoms with van der Waals surface area (Å²) in [5.74, 6) is 0.0821. The molecule has 1 aliphatic heterocycles. The fourth-order valence-electron chi connectivity index (χ4n) is 4.03. The number of aryl methyl sites for hydroxylation is 1. The first-order valence-corrected chi connectivity index (χ1v) is 10.8. The second-order valence-electron chi connectivity index (χ2n) is 8.29. The number of amides is 1. The minimum Gasteiger partial charge on any atom is -0.355 e. The summed E-state index contributed by atoms with van der Waals surface area (Å²) in [4.78, 5) is 29.4. The van der Waals surface area contributed by atoms with Crippen LogP contribution in [0, 0.1) is 6.92 Å². The van der Waals surface area contributed by atoms with Gasteiger partial charge in [0.05, 0.1) is 11.4 Å². The first kappa shape index (κ1) is 20.2. The van der Waals surface area contributed by atoms with Crippen molar-refractivity contribution in [1.82, 2.24) is 24.8 Å². The van der Waals surface area contributed by atoms with Crippen molar-refractivity contribution in [3.63, 3.8) is 0 Å². The number of rotatable bonds is 4. The van der Waals surface area contributed by atoms with Gasteiger partial charge >= 0.3 is 0 Å². The number of carbonyl (C=O) groups is 1. The van der Waals surface area contributed by atoms with E-state index in [1.54, 1.807) is 6.20 Å². The number of hydrogen-bond acceptors (Lipinski definition) is 5. The van der Waals surface area contributed by atoms with Crippen molar-refractivity contribution in [2.24, 2.45) is 0 Å². The summed E-state index contributed by atoms with van der Waals surface area (Å²) < 4.78 is 0. The van der Waals surface area contributed by atoms with Crippen LogP contribution in [0.5, 0.6) is 0 Å². The average Bonchev–Trinajstić information content (AvgIpc) is 3.30. The Labute approximate surface area is 187 Å². The molecular formula is C25H26N6O. The van der Waals surface area contributed by atoms with E-state index in [1.165, 1.54) is 0 Å². The zero-order valence-corrected chi connectivity index (χ0v) is 18.3. The molecular weight excluding hydrogens is 400 g/mol. The normalized spacial score (nSPS) is 14.6. The number of benzene rings is 1. The largest absolute Gasteiger partial charge is 0.355 e. The standard InChI is InChI=1S/C25H26N6O/c1-17-5-6-18(25(32)31-12-10-30(2)11-13-31)14-21(17)28-23-15-22(19-4-3-8-26-16-19)29-24-20(23)7-9-27-24/h3-9,14-16H,10-13H2,1-2H3,(H2,27,28,29). The number of carbonyl (C=O) groups excluding carboxylic acids is 1. The van der Waals surface area contributed by atoms with Gasteiger partial charge < -0.3 is 20.1 Å². The lowest BCUT2D eigenvalue weighted by molar-refractivity contribution is 0.0664. The predicted molar refractivity (Wildman–Crippen MR) is 127 cm³/mol. The molecule has 0 aliphatic carbocycles. The molecule has 0 unspecified atom stereocenters. The monoisotopic (exact) mass is 426 g/mol. The molecule has 5 rings (SSSR count). The van der Waals surface area contributed by atoms with E-state index in [4.69, 9.17) is 4.98 Å². The third-order valence-corrected chi connectivity index (χ3v) is 6.03. The Kier molecular flexibility index (Phi) is 5.33. The molecule has 0 atom stereocenters. The van der Waals surface area contributed by atoms with Crippen LogP contribution >= 0.6 is 0 Å². The molecule has 4 aromatic rings. The molecule has 2 N–H and O–H groups in total. The molecule has 0 radical (unpaired) electrons. The zero-order chi connectivity index (χ0) is 22.1. The van der Waals surface area contributed by atoms with Crippen LogP contribution < -0.4 is 5.32 Å². The number of nitrogens with zero attached hydrogens (tertiary/aromatic N) is 4. The van der Waals surface area contributed by atoms with Crippen LogP contribution in [0.15, 0.2) is 61.1 Å². The number of piperazine rings is 1. The van der Waals surface area contributed by atoms with Crippen LogP contribution in [0.3, 0.4) is 0 Å². The maximum atomic E-state index is 13.1. The van der Waals surface area contributed by atoms with E-state index in [9.17, 15) is 4.79 Å². The van der Waals surface area contributed by atoms with Gasteiger partial charge in [-0.1, -0.05) is 6.07 Å². The Hall–Kier alpha value is -3.71. The average molecular weight is 427 g/mol. The summed E-state index contributed by atoms with van der Waals surface area (Å²) in [6.45, 7) is 5.37. The van der Waals surface area contributed by atoms with E-state index in [0.29, 0.717) is 5.56 Å². The number of likely N-dealkylation sites (N-methyl/N-ethyl adjacent to an activating group) is 1. The molecule has 7 heteroatoms. The van der Waals surface area contributed by atoms with Crippen LogP contribution in [-0.2, 0) is 0 Å². The van der Waals surface area contributed by atoms with Gasteiger partial charge in [-0.3, -0.25) is 9.78 Å². The van der Waals surface area contributed by atoms with Crippen molar-refractivity contribution in [1.29, 1.82) is 0 Å². The summed E-state index contributed by atoms with van der Waals surface area (Å²) in [5, 5.41) is 4.55. The van der Waals surface area contributed by atoms with Gasteiger partial charge in [-0.25, -0.2) is 4.98 Å². The molecule has 3 aromatic heterocycles. The van der Waals surface area contributed by atoms with Gasteiger partial charge in [0.1, 0.15) is 5.65 Å². The van der Waals surface area contributed by atoms with Gasteiger partial charge in [-0.15, -0.1) is 0 Å². The lowest BCUT2D eigenvalue weighted by Gasteiger charge is -2.32. The van der Waals surface area contributed by atoms with Crippen molar-refractivity contribution in [3.8, 4) is 11.3 Å². The maximum Gasteiger partial charge on any atom is 0.254 e. The van der Waals surface area contributed by atoms with Crippen LogP contribution in [0.2, 0.25) is 0 Å². The molecule has 0 saturated carbocycles. The number of hydrogen-bond donors (Lipinski definition) is 2. The van der Waals surface area contributed by atoms with Gasteiger partial charge in [0.2, 0.25) is 0 Å². The quantitative estimate of drug-likeness (QED) is 0.515. The number of aromatic amines is 1. The van der Waals surface area contributed by atoms with Crippen LogP contribution in [0.25, 0.3) is 22.3 Å². The SMILES string of the molecule is Cc1ccc(C(=O)N2CCN(C)CC2)cc1Nc1cc(-c2cccnc2)nc2[nH]ccc12. The number of nitrogens with one attached hydrogen (secondary N) is 2. The molecule has 7 nitrogen and oxygen atoms in total. The molecule has 4 heterocycles. The van der Waals surface area contributed by atoms with E-state index in [1.807, 2.05) is 66.7 Å². The number of aromatic nitrogens is 3. The molecule has 1 amide bonds. The number of fused-ring (bicyclic) bond motifs is 1. The van der Waals surface area contributed by atoms with Crippen LogP contribution in [0.4, 0.5) is 11.4 Å². The number of anilines is 2. The summed E-state index contributed by atoms with van der Waals surface area (Å²) in [6, 6.07) is 13.8. The lowest BCUT2D eigenvalue weighted by Crippen LogP contribution is -2.47. The zero-order valence-electron chi connectivity index (χ0n) is 18.3. The molecule has 1 fully saturated rings. The lowest BCUT2D eigenvalue weighted by atomic mass is 10.1. The van der Waals surface area contributed by atoms with E-state index in [-0.39, 0.29) is 5.91 Å². The van der Waals surface area contributed by atoms with E-state index in [0.717, 1.165) is 65.4 Å². The van der Waals surface area contributed by atoms with Gasteiger partial charge in [0.15, 0.2) is 0 Å². The molecule has 32 heavy (non-hydrogen) atoms. The van der Waals surface area contributed by atoms with Crippen molar-refractivity contribution in [2.75, 3.05) is 38.5 Å². The highest BCUT2D eigenvalue weighted by Crippen LogP contribution is 2.31. The predicted octanol–water partition coefficient (Wildman–Crippen LogP) is 4.06. The van der Waals surface area contributed by atoms with Crippen molar-refractivity contribution < 1.29 is 4.79 Å². The third-order valence-electron chi connectivity index (χ3n) is 6.03. The minimum atomic E-state index is 0.0821. The van der Waals surface area contributed by atoms with Crippen molar-refractivity contribution in [2.45, 2.75) is 6.92 Å². The summed E-state index contributed by atoms with van der Waals surface area (Å²) in [5.41, 5.74) is 6.20. The highest BCUT2D eigenvalue weighted by molar-refractivity contribution is 5.97. The van der Waals surface area contributed by atoms with Gasteiger partial charge in [0.25, 0.3) is 5.91 Å². The highest BCUT2D eigenvalue weighted by atomic mass is 16.2. The Balaban J connectivity index is 1.48. The fourth-order valence-corrected chi connectivity index (χ4v) is 4.03. The van der Waals surface area contributed by atoms with Crippen molar-refractivity contribution in [3.05, 3.63) is 72.2 Å². The van der Waals surface area contributed by atoms with Crippen LogP contribution in [0.1, 0.15) is 15.9 Å². The molecule has 1 aliphatic rings. The Morgan fingerprint density at radius 2 is 1.91 bits per heavy atom. The third kappa shape index (κ3) is 3.94. The second-order valence-corrected chi connectivity index (χ2v) is 8.29. The topological polar surface area (TPSA) is 77.2 Å². The van der Waals surface area contributed by atoms with E-state index < -0.39 is 0 Å². The molecule has 1 saturated heterocycles. The molecule has 1 aromatic carbocycles. The molecule has 0 spiro atoms. The summed E-state index contributed by atoms with van der Waals surface area (Å²) in [7, 11) is 2.09. The summed E-state index contributed by atoms with van der Waals surface area (Å²) >= 11 is 0. The number of pyridine rings is 2. The number of H-pyrrole nitrogens is 1. The first-order valence-electron chi connectivity index (χ1n) is 10.8. The molecule has 162 valence electrons. The van der Waals surface area contributed by atoms with E-state index >= 15 is 0 Å². The Bertz CT molecular complexity index is 1260. The smallest absolute Gasteiger partial charge is 0.254 e. The minimum absolute atomic E-state index is 0.0821. The van der Waals surface area contributed by atoms with Crippen molar-refractivity contribution >= 4 is 28.3 Å². The Morgan fingerprint density at radius 3 is 2.69 bits per heavy atom. The highest BCUT2D eigenvalue weighted by Gasteiger charge is 2.21. The van der Waals surface area contributed by atoms with Gasteiger partial charge in [-0.05, 0) is 55.9 Å². The van der Waals surface area contributed by atoms with Gasteiger partial charge in [0, 0.05) is 67.0 Å². The summed E-state index contributed by atoms with van der Waals surface area (Å²) in [6.07, 6.45) is 5.44. The maximum absolute atomic E-state index is 13.1.